The highest BCUT2D eigenvalue weighted by molar-refractivity contribution is 5.81. The highest BCUT2D eigenvalue weighted by Crippen LogP contribution is 2.49. The quantitative estimate of drug-likeness (QED) is 0.340. The van der Waals surface area contributed by atoms with E-state index >= 15 is 0 Å². The molecule has 1 saturated heterocycles. The van der Waals surface area contributed by atoms with Gasteiger partial charge in [-0.1, -0.05) is 48.5 Å². The molecule has 0 atom stereocenters. The number of pyridine rings is 1. The summed E-state index contributed by atoms with van der Waals surface area (Å²) < 4.78 is 6.40. The molecule has 3 aromatic carbocycles. The van der Waals surface area contributed by atoms with Gasteiger partial charge >= 0.3 is 0 Å². The van der Waals surface area contributed by atoms with Crippen LogP contribution in [0.1, 0.15) is 18.4 Å². The van der Waals surface area contributed by atoms with Gasteiger partial charge in [0.15, 0.2) is 11.5 Å². The van der Waals surface area contributed by atoms with Crippen LogP contribution < -0.4 is 9.64 Å². The van der Waals surface area contributed by atoms with Gasteiger partial charge in [0.1, 0.15) is 0 Å². The van der Waals surface area contributed by atoms with Gasteiger partial charge in [-0.05, 0) is 72.4 Å². The van der Waals surface area contributed by atoms with Crippen molar-refractivity contribution in [1.29, 1.82) is 0 Å². The summed E-state index contributed by atoms with van der Waals surface area (Å²) in [6, 6.07) is 30.4. The maximum atomic E-state index is 6.40. The first-order valence-corrected chi connectivity index (χ1v) is 12.2. The van der Waals surface area contributed by atoms with Crippen LogP contribution in [-0.4, -0.2) is 35.6 Å². The molecule has 6 rings (SSSR count). The van der Waals surface area contributed by atoms with Crippen molar-refractivity contribution in [2.45, 2.75) is 25.3 Å². The normalized spacial score (nSPS) is 15.9. The molecule has 0 aliphatic carbocycles. The van der Waals surface area contributed by atoms with Gasteiger partial charge in [-0.2, -0.15) is 0 Å². The van der Waals surface area contributed by atoms with Crippen molar-refractivity contribution in [1.82, 2.24) is 9.88 Å². The van der Waals surface area contributed by atoms with E-state index in [1.54, 1.807) is 0 Å². The number of piperidine rings is 1. The molecular formula is C30H29N3O. The van der Waals surface area contributed by atoms with Crippen LogP contribution in [0.3, 0.4) is 0 Å². The zero-order valence-corrected chi connectivity index (χ0v) is 19.3. The Bertz CT molecular complexity index is 1250. The van der Waals surface area contributed by atoms with Gasteiger partial charge in [-0.25, -0.2) is 0 Å². The molecule has 0 radical (unpaired) electrons. The van der Waals surface area contributed by atoms with Gasteiger partial charge in [-0.3, -0.25) is 4.98 Å². The van der Waals surface area contributed by atoms with E-state index in [2.05, 4.69) is 87.6 Å². The van der Waals surface area contributed by atoms with E-state index in [9.17, 15) is 0 Å². The summed E-state index contributed by atoms with van der Waals surface area (Å²) in [5.41, 5.74) is 6.06. The maximum Gasteiger partial charge on any atom is 0.151 e. The second-order valence-corrected chi connectivity index (χ2v) is 9.17. The van der Waals surface area contributed by atoms with Crippen LogP contribution in [-0.2, 0) is 6.42 Å². The molecule has 0 amide bonds. The predicted molar refractivity (Wildman–Crippen MR) is 138 cm³/mol. The Hall–Kier alpha value is -3.63. The average Bonchev–Trinajstić information content (AvgIpc) is 2.92. The summed E-state index contributed by atoms with van der Waals surface area (Å²) in [4.78, 5) is 9.30. The smallest absolute Gasteiger partial charge is 0.151 e. The molecule has 4 aromatic rings. The second kappa shape index (κ2) is 9.32. The minimum Gasteiger partial charge on any atom is -0.453 e. The van der Waals surface area contributed by atoms with E-state index in [-0.39, 0.29) is 0 Å². The van der Waals surface area contributed by atoms with Gasteiger partial charge in [0.05, 0.1) is 11.4 Å². The predicted octanol–water partition coefficient (Wildman–Crippen LogP) is 6.70. The topological polar surface area (TPSA) is 28.6 Å². The Kier molecular flexibility index (Phi) is 5.74. The number of fused-ring (bicyclic) bond motifs is 2. The first-order valence-electron chi connectivity index (χ1n) is 12.2. The summed E-state index contributed by atoms with van der Waals surface area (Å²) in [7, 11) is 0. The zero-order valence-electron chi connectivity index (χ0n) is 19.3. The maximum absolute atomic E-state index is 6.40. The van der Waals surface area contributed by atoms with Crippen LogP contribution in [0.2, 0.25) is 0 Å². The number of para-hydroxylation sites is 2. The van der Waals surface area contributed by atoms with Crippen LogP contribution in [0.4, 0.5) is 11.4 Å². The molecule has 4 heteroatoms. The molecule has 4 nitrogen and oxygen atoms in total. The fourth-order valence-electron chi connectivity index (χ4n) is 5.24. The molecule has 0 spiro atoms. The van der Waals surface area contributed by atoms with Crippen LogP contribution in [0, 0.1) is 0 Å². The summed E-state index contributed by atoms with van der Waals surface area (Å²) in [5, 5.41) is 0. The summed E-state index contributed by atoms with van der Waals surface area (Å²) in [6.45, 7) is 3.38. The highest BCUT2D eigenvalue weighted by atomic mass is 16.5. The van der Waals surface area contributed by atoms with Gasteiger partial charge in [0, 0.05) is 38.1 Å². The lowest BCUT2D eigenvalue weighted by Gasteiger charge is -2.42. The molecule has 0 N–H and O–H groups in total. The van der Waals surface area contributed by atoms with Gasteiger partial charge in [0.25, 0.3) is 0 Å². The summed E-state index contributed by atoms with van der Waals surface area (Å²) in [6.07, 6.45) is 7.08. The minimum atomic E-state index is 0.462. The van der Waals surface area contributed by atoms with E-state index in [4.69, 9.17) is 4.74 Å². The molecular weight excluding hydrogens is 418 g/mol. The van der Waals surface area contributed by atoms with Crippen molar-refractivity contribution >= 4 is 11.4 Å². The Balaban J connectivity index is 1.23. The molecule has 1 fully saturated rings. The zero-order chi connectivity index (χ0) is 22.7. The molecule has 2 aliphatic rings. The number of rotatable bonds is 5. The monoisotopic (exact) mass is 447 g/mol. The Morgan fingerprint density at radius 3 is 2.29 bits per heavy atom. The van der Waals surface area contributed by atoms with Crippen LogP contribution >= 0.6 is 0 Å². The lowest BCUT2D eigenvalue weighted by atomic mass is 9.98. The molecule has 1 aromatic heterocycles. The molecule has 34 heavy (non-hydrogen) atoms. The number of hydrogen-bond acceptors (Lipinski definition) is 4. The summed E-state index contributed by atoms with van der Waals surface area (Å²) >= 11 is 0. The second-order valence-electron chi connectivity index (χ2n) is 9.17. The minimum absolute atomic E-state index is 0.462. The number of aromatic nitrogens is 1. The SMILES string of the molecule is c1ccc(CCN2CCC(N3c4ccccc4Oc4cc(-c5ccncc5)ccc43)CC2)cc1. The average molecular weight is 448 g/mol. The van der Waals surface area contributed by atoms with Crippen molar-refractivity contribution in [2.24, 2.45) is 0 Å². The third-order valence-electron chi connectivity index (χ3n) is 7.06. The van der Waals surface area contributed by atoms with Gasteiger partial charge in [-0.15, -0.1) is 0 Å². The van der Waals surface area contributed by atoms with Crippen molar-refractivity contribution in [3.8, 4) is 22.6 Å². The number of ether oxygens (including phenoxy) is 1. The molecule has 3 heterocycles. The molecule has 170 valence electrons. The Morgan fingerprint density at radius 2 is 1.47 bits per heavy atom. The lowest BCUT2D eigenvalue weighted by Crippen LogP contribution is -2.44. The fraction of sp³-hybridized carbons (Fsp3) is 0.233. The number of hydrogen-bond donors (Lipinski definition) is 0. The highest BCUT2D eigenvalue weighted by Gasteiger charge is 2.32. The van der Waals surface area contributed by atoms with Crippen LogP contribution in [0.15, 0.2) is 97.3 Å². The van der Waals surface area contributed by atoms with Crippen LogP contribution in [0.25, 0.3) is 11.1 Å². The number of nitrogens with zero attached hydrogens (tertiary/aromatic N) is 3. The Morgan fingerprint density at radius 1 is 0.735 bits per heavy atom. The van der Waals surface area contributed by atoms with E-state index < -0.39 is 0 Å². The third kappa shape index (κ3) is 4.17. The van der Waals surface area contributed by atoms with E-state index in [1.165, 1.54) is 16.9 Å². The lowest BCUT2D eigenvalue weighted by molar-refractivity contribution is 0.214. The molecule has 2 aliphatic heterocycles. The fourth-order valence-corrected chi connectivity index (χ4v) is 5.24. The molecule has 0 unspecified atom stereocenters. The van der Waals surface area contributed by atoms with E-state index in [0.717, 1.165) is 61.5 Å². The molecule has 0 bridgehead atoms. The Labute approximate surface area is 201 Å². The van der Waals surface area contributed by atoms with E-state index in [0.29, 0.717) is 6.04 Å². The van der Waals surface area contributed by atoms with Gasteiger partial charge < -0.3 is 14.5 Å². The van der Waals surface area contributed by atoms with Gasteiger partial charge in [0.2, 0.25) is 0 Å². The third-order valence-corrected chi connectivity index (χ3v) is 7.06. The van der Waals surface area contributed by atoms with Crippen molar-refractivity contribution < 1.29 is 4.74 Å². The largest absolute Gasteiger partial charge is 0.453 e. The molecule has 0 saturated carbocycles. The van der Waals surface area contributed by atoms with Crippen molar-refractivity contribution in [3.05, 3.63) is 103 Å². The number of anilines is 2. The van der Waals surface area contributed by atoms with E-state index in [1.807, 2.05) is 24.5 Å². The van der Waals surface area contributed by atoms with Crippen molar-refractivity contribution in [3.63, 3.8) is 0 Å². The van der Waals surface area contributed by atoms with Crippen LogP contribution in [0.5, 0.6) is 11.5 Å². The first kappa shape index (κ1) is 20.9. The first-order chi connectivity index (χ1) is 16.8. The van der Waals surface area contributed by atoms with Crippen molar-refractivity contribution in [2.75, 3.05) is 24.5 Å². The summed E-state index contributed by atoms with van der Waals surface area (Å²) in [5.74, 6) is 1.87. The number of likely N-dealkylation sites (tertiary alicyclic amines) is 1. The standard InChI is InChI=1S/C30H29N3O/c1-2-6-23(7-3-1)14-19-32-20-15-26(16-21-32)33-27-8-4-5-9-29(27)34-30-22-25(10-11-28(30)33)24-12-17-31-18-13-24/h1-13,17-18,22,26H,14-16,19-21H2. The number of benzene rings is 3.